The van der Waals surface area contributed by atoms with Crippen molar-refractivity contribution < 1.29 is 17.5 Å². The molecule has 9 heteroatoms. The van der Waals surface area contributed by atoms with Crippen molar-refractivity contribution in [2.45, 2.75) is 11.8 Å². The highest BCUT2D eigenvalue weighted by Gasteiger charge is 2.32. The molecular weight excluding hydrogens is 425 g/mol. The Morgan fingerprint density at radius 2 is 1.83 bits per heavy atom. The minimum atomic E-state index is -3.78. The number of aromatic nitrogens is 1. The zero-order chi connectivity index (χ0) is 21.3. The summed E-state index contributed by atoms with van der Waals surface area (Å²) >= 11 is 1.51. The maximum atomic E-state index is 14.1. The second-order valence-corrected chi connectivity index (χ2v) is 9.93. The maximum absolute atomic E-state index is 14.1. The standard InChI is InChI=1S/C21H22FN3O3S2/c1-15-23-18(14-29-15)16-7-8-20(28-2)21(13-16)30(26,27)25-11-9-24(10-12-25)19-6-4-3-5-17(19)22/h3-8,13-14H,9-12H2,1-2H3. The van der Waals surface area contributed by atoms with Crippen LogP contribution >= 0.6 is 11.3 Å². The van der Waals surface area contributed by atoms with Gasteiger partial charge in [0.1, 0.15) is 16.5 Å². The average Bonchev–Trinajstić information content (AvgIpc) is 3.20. The Kier molecular flexibility index (Phi) is 5.77. The molecule has 0 atom stereocenters. The molecule has 0 N–H and O–H groups in total. The molecule has 0 aliphatic carbocycles. The van der Waals surface area contributed by atoms with Gasteiger partial charge in [-0.3, -0.25) is 0 Å². The second-order valence-electron chi connectivity index (χ2n) is 6.96. The summed E-state index contributed by atoms with van der Waals surface area (Å²) in [5.74, 6) is -0.0102. The van der Waals surface area contributed by atoms with Crippen LogP contribution in [0, 0.1) is 12.7 Å². The van der Waals surface area contributed by atoms with Crippen molar-refractivity contribution in [1.82, 2.24) is 9.29 Å². The highest BCUT2D eigenvalue weighted by Crippen LogP contribution is 2.33. The van der Waals surface area contributed by atoms with Gasteiger partial charge in [0, 0.05) is 37.1 Å². The molecule has 1 aliphatic rings. The quantitative estimate of drug-likeness (QED) is 0.596. The van der Waals surface area contributed by atoms with Crippen LogP contribution in [-0.4, -0.2) is 51.0 Å². The summed E-state index contributed by atoms with van der Waals surface area (Å²) in [4.78, 5) is 6.44. The van der Waals surface area contributed by atoms with E-state index in [1.165, 1.54) is 28.8 Å². The summed E-state index contributed by atoms with van der Waals surface area (Å²) in [5.41, 5.74) is 1.96. The summed E-state index contributed by atoms with van der Waals surface area (Å²) in [6.45, 7) is 3.25. The molecule has 3 aromatic rings. The predicted molar refractivity (Wildman–Crippen MR) is 116 cm³/mol. The van der Waals surface area contributed by atoms with Crippen molar-refractivity contribution in [3.63, 3.8) is 0 Å². The summed E-state index contributed by atoms with van der Waals surface area (Å²) in [6, 6.07) is 11.6. The number of sulfonamides is 1. The second kappa shape index (κ2) is 8.33. The lowest BCUT2D eigenvalue weighted by Crippen LogP contribution is -2.49. The van der Waals surface area contributed by atoms with Gasteiger partial charge in [-0.15, -0.1) is 11.3 Å². The topological polar surface area (TPSA) is 62.7 Å². The third-order valence-corrected chi connectivity index (χ3v) is 7.82. The molecular formula is C21H22FN3O3S2. The number of piperazine rings is 1. The van der Waals surface area contributed by atoms with Gasteiger partial charge >= 0.3 is 0 Å². The van der Waals surface area contributed by atoms with E-state index in [1.807, 2.05) is 23.3 Å². The van der Waals surface area contributed by atoms with Gasteiger partial charge in [-0.05, 0) is 37.3 Å². The molecule has 4 rings (SSSR count). The fourth-order valence-corrected chi connectivity index (χ4v) is 5.78. The minimum absolute atomic E-state index is 0.118. The zero-order valence-corrected chi connectivity index (χ0v) is 18.3. The Morgan fingerprint density at radius 3 is 2.47 bits per heavy atom. The van der Waals surface area contributed by atoms with Crippen LogP contribution in [-0.2, 0) is 10.0 Å². The fraction of sp³-hybridized carbons (Fsp3) is 0.286. The molecule has 0 bridgehead atoms. The van der Waals surface area contributed by atoms with Crippen LogP contribution in [0.25, 0.3) is 11.3 Å². The van der Waals surface area contributed by atoms with E-state index < -0.39 is 10.0 Å². The number of methoxy groups -OCH3 is 1. The Morgan fingerprint density at radius 1 is 1.10 bits per heavy atom. The zero-order valence-electron chi connectivity index (χ0n) is 16.7. The molecule has 0 amide bonds. The number of anilines is 1. The molecule has 1 fully saturated rings. The van der Waals surface area contributed by atoms with Gasteiger partial charge in [-0.2, -0.15) is 4.31 Å². The summed E-state index contributed by atoms with van der Waals surface area (Å²) < 4.78 is 47.7. The van der Waals surface area contributed by atoms with Crippen LogP contribution in [0.5, 0.6) is 5.75 Å². The summed E-state index contributed by atoms with van der Waals surface area (Å²) in [7, 11) is -2.33. The van der Waals surface area contributed by atoms with Gasteiger partial charge in [0.05, 0.1) is 23.5 Å². The highest BCUT2D eigenvalue weighted by atomic mass is 32.2. The van der Waals surface area contributed by atoms with E-state index in [4.69, 9.17) is 4.74 Å². The number of ether oxygens (including phenoxy) is 1. The van der Waals surface area contributed by atoms with E-state index in [2.05, 4.69) is 4.98 Å². The van der Waals surface area contributed by atoms with Crippen LogP contribution in [0.1, 0.15) is 5.01 Å². The van der Waals surface area contributed by atoms with Gasteiger partial charge in [-0.1, -0.05) is 12.1 Å². The minimum Gasteiger partial charge on any atom is -0.495 e. The molecule has 30 heavy (non-hydrogen) atoms. The molecule has 2 aromatic carbocycles. The van der Waals surface area contributed by atoms with Crippen LogP contribution in [0.3, 0.4) is 0 Å². The third kappa shape index (κ3) is 3.92. The van der Waals surface area contributed by atoms with E-state index in [9.17, 15) is 12.8 Å². The van der Waals surface area contributed by atoms with E-state index in [0.717, 1.165) is 16.3 Å². The van der Waals surface area contributed by atoms with Crippen LogP contribution in [0.4, 0.5) is 10.1 Å². The fourth-order valence-electron chi connectivity index (χ4n) is 3.55. The molecule has 2 heterocycles. The van der Waals surface area contributed by atoms with Crippen molar-refractivity contribution in [2.24, 2.45) is 0 Å². The van der Waals surface area contributed by atoms with Gasteiger partial charge in [0.25, 0.3) is 0 Å². The first kappa shape index (κ1) is 20.8. The number of aryl methyl sites for hydroxylation is 1. The van der Waals surface area contributed by atoms with Gasteiger partial charge < -0.3 is 9.64 Å². The van der Waals surface area contributed by atoms with E-state index in [-0.39, 0.29) is 23.8 Å². The molecule has 0 spiro atoms. The molecule has 0 unspecified atom stereocenters. The highest BCUT2D eigenvalue weighted by molar-refractivity contribution is 7.89. The van der Waals surface area contributed by atoms with Gasteiger partial charge in [0.2, 0.25) is 10.0 Å². The molecule has 1 aliphatic heterocycles. The van der Waals surface area contributed by atoms with Crippen LogP contribution in [0.15, 0.2) is 52.7 Å². The SMILES string of the molecule is COc1ccc(-c2csc(C)n2)cc1S(=O)(=O)N1CCN(c2ccccc2F)CC1. The van der Waals surface area contributed by atoms with Crippen molar-refractivity contribution >= 4 is 27.0 Å². The average molecular weight is 448 g/mol. The summed E-state index contributed by atoms with van der Waals surface area (Å²) in [5, 5.41) is 2.82. The van der Waals surface area contributed by atoms with E-state index in [1.54, 1.807) is 30.3 Å². The molecule has 1 aromatic heterocycles. The van der Waals surface area contributed by atoms with Crippen molar-refractivity contribution in [2.75, 3.05) is 38.2 Å². The van der Waals surface area contributed by atoms with E-state index in [0.29, 0.717) is 24.5 Å². The Balaban J connectivity index is 1.60. The van der Waals surface area contributed by atoms with E-state index >= 15 is 0 Å². The smallest absolute Gasteiger partial charge is 0.246 e. The van der Waals surface area contributed by atoms with Gasteiger partial charge in [0.15, 0.2) is 0 Å². The number of thiazole rings is 1. The molecule has 0 radical (unpaired) electrons. The van der Waals surface area contributed by atoms with Crippen molar-refractivity contribution in [3.05, 3.63) is 58.7 Å². The number of benzene rings is 2. The first-order valence-corrected chi connectivity index (χ1v) is 11.8. The van der Waals surface area contributed by atoms with Crippen LogP contribution < -0.4 is 9.64 Å². The Hall–Kier alpha value is -2.49. The number of rotatable bonds is 5. The lowest BCUT2D eigenvalue weighted by Gasteiger charge is -2.35. The Labute approximate surface area is 179 Å². The van der Waals surface area contributed by atoms with Gasteiger partial charge in [-0.25, -0.2) is 17.8 Å². The molecule has 158 valence electrons. The Bertz CT molecular complexity index is 1160. The van der Waals surface area contributed by atoms with Crippen molar-refractivity contribution in [1.29, 1.82) is 0 Å². The third-order valence-electron chi connectivity index (χ3n) is 5.13. The molecule has 1 saturated heterocycles. The maximum Gasteiger partial charge on any atom is 0.246 e. The molecule has 6 nitrogen and oxygen atoms in total. The van der Waals surface area contributed by atoms with Crippen molar-refractivity contribution in [3.8, 4) is 17.0 Å². The number of nitrogens with zero attached hydrogens (tertiary/aromatic N) is 3. The number of halogens is 1. The lowest BCUT2D eigenvalue weighted by molar-refractivity contribution is 0.373. The largest absolute Gasteiger partial charge is 0.495 e. The number of para-hydroxylation sites is 1. The predicted octanol–water partition coefficient (Wildman–Crippen LogP) is 3.78. The molecule has 0 saturated carbocycles. The first-order chi connectivity index (χ1) is 14.4. The number of hydrogen-bond acceptors (Lipinski definition) is 6. The lowest BCUT2D eigenvalue weighted by atomic mass is 10.2. The summed E-state index contributed by atoms with van der Waals surface area (Å²) in [6.07, 6.45) is 0. The monoisotopic (exact) mass is 447 g/mol. The number of hydrogen-bond donors (Lipinski definition) is 0. The normalized spacial score (nSPS) is 15.4. The first-order valence-electron chi connectivity index (χ1n) is 9.50. The van der Waals surface area contributed by atoms with Crippen LogP contribution in [0.2, 0.25) is 0 Å².